The molecule has 7 nitrogen and oxygen atoms in total. The minimum absolute atomic E-state index is 0.0319. The highest BCUT2D eigenvalue weighted by atomic mass is 32.2. The lowest BCUT2D eigenvalue weighted by molar-refractivity contribution is -0.140. The molecule has 1 heterocycles. The smallest absolute Gasteiger partial charge is 0.327 e. The molecular weight excluding hydrogens is 270 g/mol. The summed E-state index contributed by atoms with van der Waals surface area (Å²) in [7, 11) is 3.23. The fourth-order valence-corrected chi connectivity index (χ4v) is 2.78. The van der Waals surface area contributed by atoms with Crippen LogP contribution in [0.5, 0.6) is 0 Å². The first kappa shape index (κ1) is 15.6. The van der Waals surface area contributed by atoms with Crippen LogP contribution in [0.15, 0.2) is 0 Å². The van der Waals surface area contributed by atoms with E-state index in [0.29, 0.717) is 18.2 Å². The standard InChI is InChI=1S/C11H19N3O4S/c1-4-13(5-9(15)12(2)3)11(18)14-7-19-6-8(14)10(16)17/h8H,4-7H2,1-3H3,(H,16,17)/t8-/m0/s1. The van der Waals surface area contributed by atoms with Crippen molar-refractivity contribution in [1.29, 1.82) is 0 Å². The van der Waals surface area contributed by atoms with Gasteiger partial charge in [-0.05, 0) is 6.92 Å². The Morgan fingerprint density at radius 2 is 2.00 bits per heavy atom. The van der Waals surface area contributed by atoms with Crippen LogP contribution in [0, 0.1) is 0 Å². The minimum atomic E-state index is -1.01. The maximum atomic E-state index is 12.3. The molecule has 1 aliphatic rings. The zero-order valence-electron chi connectivity index (χ0n) is 11.3. The number of hydrogen-bond donors (Lipinski definition) is 1. The number of aliphatic carboxylic acids is 1. The average molecular weight is 289 g/mol. The molecule has 1 rings (SSSR count). The molecule has 3 amide bonds. The summed E-state index contributed by atoms with van der Waals surface area (Å²) in [5.41, 5.74) is 0. The largest absolute Gasteiger partial charge is 0.480 e. The Kier molecular flexibility index (Phi) is 5.46. The van der Waals surface area contributed by atoms with Crippen LogP contribution in [-0.4, -0.2) is 82.6 Å². The second-order valence-electron chi connectivity index (χ2n) is 4.41. The van der Waals surface area contributed by atoms with Gasteiger partial charge < -0.3 is 19.8 Å². The fourth-order valence-electron chi connectivity index (χ4n) is 1.64. The van der Waals surface area contributed by atoms with Crippen LogP contribution < -0.4 is 0 Å². The Balaban J connectivity index is 2.73. The van der Waals surface area contributed by atoms with Gasteiger partial charge in [-0.1, -0.05) is 0 Å². The van der Waals surface area contributed by atoms with Gasteiger partial charge in [-0.2, -0.15) is 0 Å². The van der Waals surface area contributed by atoms with Gasteiger partial charge in [-0.15, -0.1) is 11.8 Å². The van der Waals surface area contributed by atoms with Crippen molar-refractivity contribution in [3.63, 3.8) is 0 Å². The average Bonchev–Trinajstić information content (AvgIpc) is 2.83. The highest BCUT2D eigenvalue weighted by Crippen LogP contribution is 2.22. The third-order valence-electron chi connectivity index (χ3n) is 2.89. The Bertz CT molecular complexity index is 375. The number of hydrogen-bond acceptors (Lipinski definition) is 4. The van der Waals surface area contributed by atoms with E-state index in [4.69, 9.17) is 5.11 Å². The Morgan fingerprint density at radius 3 is 2.47 bits per heavy atom. The maximum Gasteiger partial charge on any atom is 0.327 e. The maximum absolute atomic E-state index is 12.3. The first-order valence-corrected chi connectivity index (χ1v) is 7.10. The van der Waals surface area contributed by atoms with E-state index in [-0.39, 0.29) is 12.5 Å². The van der Waals surface area contributed by atoms with E-state index >= 15 is 0 Å². The normalized spacial score (nSPS) is 18.3. The SMILES string of the molecule is CCN(CC(=O)N(C)C)C(=O)N1CSC[C@H]1C(=O)O. The van der Waals surface area contributed by atoms with E-state index in [2.05, 4.69) is 0 Å². The van der Waals surface area contributed by atoms with E-state index in [1.165, 1.54) is 26.5 Å². The van der Waals surface area contributed by atoms with E-state index in [1.807, 2.05) is 0 Å². The summed E-state index contributed by atoms with van der Waals surface area (Å²) in [6.45, 7) is 2.10. The van der Waals surface area contributed by atoms with Gasteiger partial charge in [0.05, 0.1) is 5.88 Å². The van der Waals surface area contributed by atoms with Crippen molar-refractivity contribution in [3.05, 3.63) is 0 Å². The number of nitrogens with zero attached hydrogens (tertiary/aromatic N) is 3. The Morgan fingerprint density at radius 1 is 1.37 bits per heavy atom. The van der Waals surface area contributed by atoms with E-state index in [9.17, 15) is 14.4 Å². The number of urea groups is 1. The van der Waals surface area contributed by atoms with Crippen LogP contribution in [0.4, 0.5) is 4.79 Å². The molecule has 1 fully saturated rings. The molecule has 0 saturated carbocycles. The number of carboxylic acid groups (broad SMARTS) is 1. The lowest BCUT2D eigenvalue weighted by atomic mass is 10.3. The molecule has 1 atom stereocenters. The fraction of sp³-hybridized carbons (Fsp3) is 0.727. The number of carbonyl (C=O) groups excluding carboxylic acids is 2. The molecule has 8 heteroatoms. The van der Waals surface area contributed by atoms with Gasteiger partial charge in [0.2, 0.25) is 5.91 Å². The molecule has 0 radical (unpaired) electrons. The molecule has 0 aromatic rings. The summed E-state index contributed by atoms with van der Waals surface area (Å²) >= 11 is 1.40. The number of amides is 3. The molecule has 0 aromatic carbocycles. The second-order valence-corrected chi connectivity index (χ2v) is 5.41. The van der Waals surface area contributed by atoms with Crippen LogP contribution in [0.2, 0.25) is 0 Å². The molecule has 19 heavy (non-hydrogen) atoms. The molecule has 1 N–H and O–H groups in total. The number of likely N-dealkylation sites (N-methyl/N-ethyl adjacent to an activating group) is 2. The zero-order chi connectivity index (χ0) is 14.6. The van der Waals surface area contributed by atoms with E-state index < -0.39 is 18.0 Å². The molecule has 0 aliphatic carbocycles. The minimum Gasteiger partial charge on any atom is -0.480 e. The summed E-state index contributed by atoms with van der Waals surface area (Å²) in [5.74, 6) is -0.454. The summed E-state index contributed by atoms with van der Waals surface area (Å²) in [6.07, 6.45) is 0. The van der Waals surface area contributed by atoms with Gasteiger partial charge in [0, 0.05) is 26.4 Å². The lowest BCUT2D eigenvalue weighted by Gasteiger charge is -2.29. The van der Waals surface area contributed by atoms with Gasteiger partial charge in [0.15, 0.2) is 0 Å². The summed E-state index contributed by atoms with van der Waals surface area (Å²) in [4.78, 5) is 39.0. The van der Waals surface area contributed by atoms with E-state index in [0.717, 1.165) is 0 Å². The topological polar surface area (TPSA) is 81.2 Å². The van der Waals surface area contributed by atoms with Crippen molar-refractivity contribution in [2.24, 2.45) is 0 Å². The molecule has 0 spiro atoms. The summed E-state index contributed by atoms with van der Waals surface area (Å²) in [6, 6.07) is -1.20. The zero-order valence-corrected chi connectivity index (χ0v) is 12.1. The van der Waals surface area contributed by atoms with E-state index in [1.54, 1.807) is 21.0 Å². The number of carboxylic acids is 1. The van der Waals surface area contributed by atoms with Crippen LogP contribution in [0.25, 0.3) is 0 Å². The molecular formula is C11H19N3O4S. The van der Waals surface area contributed by atoms with Crippen molar-refractivity contribution in [3.8, 4) is 0 Å². The predicted molar refractivity (Wildman–Crippen MR) is 71.9 cm³/mol. The molecule has 108 valence electrons. The van der Waals surface area contributed by atoms with Crippen LogP contribution in [0.1, 0.15) is 6.92 Å². The number of rotatable bonds is 4. The molecule has 1 saturated heterocycles. The second kappa shape index (κ2) is 6.65. The summed E-state index contributed by atoms with van der Waals surface area (Å²) in [5, 5.41) is 9.06. The van der Waals surface area contributed by atoms with Gasteiger partial charge in [-0.3, -0.25) is 4.79 Å². The quantitative estimate of drug-likeness (QED) is 0.786. The van der Waals surface area contributed by atoms with Gasteiger partial charge in [0.25, 0.3) is 0 Å². The molecule has 0 unspecified atom stereocenters. The lowest BCUT2D eigenvalue weighted by Crippen LogP contribution is -2.51. The predicted octanol–water partition coefficient (Wildman–Crippen LogP) is -0.0240. The number of carbonyl (C=O) groups is 3. The third-order valence-corrected chi connectivity index (χ3v) is 3.90. The van der Waals surface area contributed by atoms with Crippen LogP contribution in [0.3, 0.4) is 0 Å². The summed E-state index contributed by atoms with van der Waals surface area (Å²) < 4.78 is 0. The van der Waals surface area contributed by atoms with Crippen molar-refractivity contribution >= 4 is 29.7 Å². The highest BCUT2D eigenvalue weighted by Gasteiger charge is 2.36. The van der Waals surface area contributed by atoms with Gasteiger partial charge in [-0.25, -0.2) is 9.59 Å². The molecule has 0 bridgehead atoms. The molecule has 1 aliphatic heterocycles. The van der Waals surface area contributed by atoms with Crippen molar-refractivity contribution < 1.29 is 19.5 Å². The third kappa shape index (κ3) is 3.76. The van der Waals surface area contributed by atoms with Crippen LogP contribution in [-0.2, 0) is 9.59 Å². The number of thioether (sulfide) groups is 1. The van der Waals surface area contributed by atoms with Crippen molar-refractivity contribution in [2.45, 2.75) is 13.0 Å². The Hall–Kier alpha value is -1.44. The van der Waals surface area contributed by atoms with Crippen molar-refractivity contribution in [2.75, 3.05) is 38.8 Å². The van der Waals surface area contributed by atoms with Gasteiger partial charge >= 0.3 is 12.0 Å². The first-order valence-electron chi connectivity index (χ1n) is 5.94. The van der Waals surface area contributed by atoms with Crippen molar-refractivity contribution in [1.82, 2.24) is 14.7 Å². The molecule has 0 aromatic heterocycles. The van der Waals surface area contributed by atoms with Crippen LogP contribution >= 0.6 is 11.8 Å². The first-order chi connectivity index (χ1) is 8.88. The monoisotopic (exact) mass is 289 g/mol. The highest BCUT2D eigenvalue weighted by molar-refractivity contribution is 7.99. The Labute approximate surface area is 116 Å². The van der Waals surface area contributed by atoms with Gasteiger partial charge in [0.1, 0.15) is 12.6 Å².